The van der Waals surface area contributed by atoms with Gasteiger partial charge in [0.25, 0.3) is 0 Å². The molecule has 0 spiro atoms. The summed E-state index contributed by atoms with van der Waals surface area (Å²) < 4.78 is 23.1. The molecule has 1 fully saturated rings. The lowest BCUT2D eigenvalue weighted by molar-refractivity contribution is -0.134. The second-order valence-electron chi connectivity index (χ2n) is 6.68. The molecule has 0 bridgehead atoms. The average Bonchev–Trinajstić information content (AvgIpc) is 2.91. The van der Waals surface area contributed by atoms with Crippen LogP contribution in [-0.2, 0) is 26.0 Å². The second-order valence-corrected chi connectivity index (χ2v) is 8.91. The largest absolute Gasteiger partial charge is 0.342 e. The molecule has 1 unspecified atom stereocenters. The van der Waals surface area contributed by atoms with Crippen molar-refractivity contribution in [2.75, 3.05) is 25.1 Å². The fourth-order valence-electron chi connectivity index (χ4n) is 3.03. The number of hydrogen-bond acceptors (Lipinski definition) is 4. The summed E-state index contributed by atoms with van der Waals surface area (Å²) in [5.74, 6) is -0.0305. The Bertz CT molecular complexity index is 745. The highest BCUT2D eigenvalue weighted by atomic mass is 32.2. The topological polar surface area (TPSA) is 74.8 Å². The molecule has 1 atom stereocenters. The van der Waals surface area contributed by atoms with Gasteiger partial charge in [0.15, 0.2) is 9.84 Å². The van der Waals surface area contributed by atoms with Crippen LogP contribution < -0.4 is 0 Å². The summed E-state index contributed by atoms with van der Waals surface area (Å²) in [6.45, 7) is 4.28. The Labute approximate surface area is 149 Å². The van der Waals surface area contributed by atoms with Crippen molar-refractivity contribution < 1.29 is 18.0 Å². The number of benzene rings is 1. The van der Waals surface area contributed by atoms with Crippen molar-refractivity contribution in [1.82, 2.24) is 9.80 Å². The maximum atomic E-state index is 12.4. The first-order chi connectivity index (χ1) is 11.7. The third-order valence-electron chi connectivity index (χ3n) is 4.81. The molecule has 1 aromatic rings. The third kappa shape index (κ3) is 5.29. The minimum atomic E-state index is -3.02. The molecule has 1 aromatic carbocycles. The molecule has 25 heavy (non-hydrogen) atoms. The lowest BCUT2D eigenvalue weighted by Gasteiger charge is -2.26. The summed E-state index contributed by atoms with van der Waals surface area (Å²) >= 11 is 0. The van der Waals surface area contributed by atoms with Gasteiger partial charge in [-0.15, -0.1) is 0 Å². The number of rotatable bonds is 6. The molecule has 1 saturated heterocycles. The van der Waals surface area contributed by atoms with Crippen molar-refractivity contribution in [2.24, 2.45) is 0 Å². The number of sulfone groups is 1. The van der Waals surface area contributed by atoms with Crippen LogP contribution in [0.1, 0.15) is 30.9 Å². The van der Waals surface area contributed by atoms with E-state index in [1.54, 1.807) is 11.9 Å². The van der Waals surface area contributed by atoms with Crippen molar-refractivity contribution in [3.05, 3.63) is 35.4 Å². The second kappa shape index (κ2) is 7.99. The van der Waals surface area contributed by atoms with Crippen LogP contribution in [0.4, 0.5) is 0 Å². The van der Waals surface area contributed by atoms with Crippen molar-refractivity contribution >= 4 is 21.7 Å². The molecule has 1 aliphatic rings. The van der Waals surface area contributed by atoms with Crippen molar-refractivity contribution in [1.29, 1.82) is 0 Å². The van der Waals surface area contributed by atoms with E-state index in [2.05, 4.69) is 0 Å². The molecule has 2 rings (SSSR count). The van der Waals surface area contributed by atoms with E-state index >= 15 is 0 Å². The molecule has 0 aromatic heterocycles. The lowest BCUT2D eigenvalue weighted by Crippen LogP contribution is -2.40. The Kier molecular flexibility index (Phi) is 6.21. The van der Waals surface area contributed by atoms with Gasteiger partial charge in [0.2, 0.25) is 11.8 Å². The summed E-state index contributed by atoms with van der Waals surface area (Å²) in [6, 6.07) is 7.60. The fraction of sp³-hybridized carbons (Fsp3) is 0.556. The monoisotopic (exact) mass is 366 g/mol. The molecule has 2 amide bonds. The number of amides is 2. The van der Waals surface area contributed by atoms with E-state index in [0.29, 0.717) is 19.5 Å². The summed E-state index contributed by atoms with van der Waals surface area (Å²) in [5, 5.41) is 0. The van der Waals surface area contributed by atoms with Crippen LogP contribution in [0.5, 0.6) is 0 Å². The van der Waals surface area contributed by atoms with E-state index in [1.165, 1.54) is 11.8 Å². The van der Waals surface area contributed by atoms with E-state index in [0.717, 1.165) is 11.1 Å². The van der Waals surface area contributed by atoms with Gasteiger partial charge in [-0.1, -0.05) is 24.3 Å². The van der Waals surface area contributed by atoms with E-state index < -0.39 is 9.84 Å². The number of aryl methyl sites for hydroxylation is 1. The number of nitrogens with zero attached hydrogens (tertiary/aromatic N) is 2. The molecule has 6 nitrogen and oxygen atoms in total. The van der Waals surface area contributed by atoms with Gasteiger partial charge in [0.1, 0.15) is 0 Å². The minimum absolute atomic E-state index is 0.0366. The molecule has 0 saturated carbocycles. The Morgan fingerprint density at radius 3 is 2.48 bits per heavy atom. The molecule has 0 N–H and O–H groups in total. The zero-order chi connectivity index (χ0) is 18.6. The molecule has 138 valence electrons. The van der Waals surface area contributed by atoms with Crippen LogP contribution >= 0.6 is 0 Å². The maximum absolute atomic E-state index is 12.4. The van der Waals surface area contributed by atoms with Gasteiger partial charge < -0.3 is 9.80 Å². The van der Waals surface area contributed by atoms with Gasteiger partial charge in [-0.05, 0) is 24.5 Å². The Hall–Kier alpha value is -1.89. The Morgan fingerprint density at radius 1 is 1.24 bits per heavy atom. The smallest absolute Gasteiger partial charge is 0.224 e. The highest BCUT2D eigenvalue weighted by molar-refractivity contribution is 7.91. The van der Waals surface area contributed by atoms with Crippen molar-refractivity contribution in [2.45, 2.75) is 39.3 Å². The first kappa shape index (κ1) is 19.4. The van der Waals surface area contributed by atoms with Crippen molar-refractivity contribution in [3.8, 4) is 0 Å². The Morgan fingerprint density at radius 2 is 1.92 bits per heavy atom. The van der Waals surface area contributed by atoms with Crippen LogP contribution in [0.3, 0.4) is 0 Å². The fourth-order valence-corrected chi connectivity index (χ4v) is 4.81. The van der Waals surface area contributed by atoms with E-state index in [1.807, 2.05) is 31.2 Å². The molecule has 0 radical (unpaired) electrons. The quantitative estimate of drug-likeness (QED) is 0.762. The number of carbonyl (C=O) groups is 2. The number of carbonyl (C=O) groups excluding carboxylic acids is 2. The maximum Gasteiger partial charge on any atom is 0.224 e. The van der Waals surface area contributed by atoms with Gasteiger partial charge in [-0.3, -0.25) is 9.59 Å². The first-order valence-electron chi connectivity index (χ1n) is 8.45. The van der Waals surface area contributed by atoms with Crippen LogP contribution in [0, 0.1) is 6.92 Å². The standard InChI is InChI=1S/C18H26N2O4S/c1-14-6-4-5-7-16(14)12-20(15(2)21)10-8-18(22)19(3)17-9-11-25(23,24)13-17/h4-7,17H,8-13H2,1-3H3. The lowest BCUT2D eigenvalue weighted by atomic mass is 10.1. The normalized spacial score (nSPS) is 18.8. The summed E-state index contributed by atoms with van der Waals surface area (Å²) in [5.41, 5.74) is 2.16. The van der Waals surface area contributed by atoms with Crippen LogP contribution in [0.15, 0.2) is 24.3 Å². The highest BCUT2D eigenvalue weighted by Crippen LogP contribution is 2.17. The molecular formula is C18H26N2O4S. The van der Waals surface area contributed by atoms with E-state index in [9.17, 15) is 18.0 Å². The van der Waals surface area contributed by atoms with Gasteiger partial charge >= 0.3 is 0 Å². The van der Waals surface area contributed by atoms with Gasteiger partial charge in [0.05, 0.1) is 11.5 Å². The molecule has 0 aliphatic carbocycles. The van der Waals surface area contributed by atoms with E-state index in [-0.39, 0.29) is 35.8 Å². The third-order valence-corrected chi connectivity index (χ3v) is 6.56. The molecule has 7 heteroatoms. The summed E-state index contributed by atoms with van der Waals surface area (Å²) in [7, 11) is -1.38. The predicted molar refractivity (Wildman–Crippen MR) is 96.7 cm³/mol. The molecule has 1 aliphatic heterocycles. The first-order valence-corrected chi connectivity index (χ1v) is 10.3. The zero-order valence-electron chi connectivity index (χ0n) is 15.1. The Balaban J connectivity index is 1.93. The number of hydrogen-bond donors (Lipinski definition) is 0. The SMILES string of the molecule is CC(=O)N(CCC(=O)N(C)C1CCS(=O)(=O)C1)Cc1ccccc1C. The minimum Gasteiger partial charge on any atom is -0.342 e. The average molecular weight is 366 g/mol. The van der Waals surface area contributed by atoms with E-state index in [4.69, 9.17) is 0 Å². The summed E-state index contributed by atoms with van der Waals surface area (Å²) in [4.78, 5) is 27.5. The predicted octanol–water partition coefficient (Wildman–Crippen LogP) is 1.38. The highest BCUT2D eigenvalue weighted by Gasteiger charge is 2.32. The van der Waals surface area contributed by atoms with Gasteiger partial charge in [0, 0.05) is 39.5 Å². The molecular weight excluding hydrogens is 340 g/mol. The van der Waals surface area contributed by atoms with Crippen LogP contribution in [0.2, 0.25) is 0 Å². The van der Waals surface area contributed by atoms with Crippen LogP contribution in [0.25, 0.3) is 0 Å². The van der Waals surface area contributed by atoms with Crippen LogP contribution in [-0.4, -0.2) is 61.2 Å². The summed E-state index contributed by atoms with van der Waals surface area (Å²) in [6.07, 6.45) is 0.683. The van der Waals surface area contributed by atoms with Gasteiger partial charge in [-0.25, -0.2) is 8.42 Å². The molecule has 1 heterocycles. The van der Waals surface area contributed by atoms with Gasteiger partial charge in [-0.2, -0.15) is 0 Å². The van der Waals surface area contributed by atoms with Crippen molar-refractivity contribution in [3.63, 3.8) is 0 Å². The zero-order valence-corrected chi connectivity index (χ0v) is 15.9.